The molecular weight excluding hydrogens is 84.1 g/mol. The minimum atomic E-state index is 1.36. The van der Waals surface area contributed by atoms with Crippen molar-refractivity contribution in [2.75, 3.05) is 0 Å². The molecule has 0 aliphatic heterocycles. The quantitative estimate of drug-likeness (QED) is 0.496. The van der Waals surface area contributed by atoms with Crippen LogP contribution in [0.3, 0.4) is 0 Å². The van der Waals surface area contributed by atoms with Crippen LogP contribution in [0.15, 0.2) is 0 Å². The molecule has 0 unspecified atom stereocenters. The van der Waals surface area contributed by atoms with E-state index in [0.717, 1.165) is 0 Å². The second-order valence-corrected chi connectivity index (χ2v) is 2.35. The lowest BCUT2D eigenvalue weighted by molar-refractivity contribution is 0.502. The van der Waals surface area contributed by atoms with Crippen LogP contribution in [0.1, 0.15) is 39.0 Å². The van der Waals surface area contributed by atoms with Gasteiger partial charge in [0.25, 0.3) is 0 Å². The first-order chi connectivity index (χ1) is 3.43. The molecule has 0 saturated heterocycles. The van der Waals surface area contributed by atoms with Gasteiger partial charge in [-0.1, -0.05) is 19.8 Å². The Morgan fingerprint density at radius 1 is 1.43 bits per heavy atom. The highest BCUT2D eigenvalue weighted by Crippen LogP contribution is 2.32. The third kappa shape index (κ3) is 1.19. The van der Waals surface area contributed by atoms with Crippen molar-refractivity contribution in [3.05, 3.63) is 5.92 Å². The summed E-state index contributed by atoms with van der Waals surface area (Å²) in [4.78, 5) is 0. The molecule has 0 atom stereocenters. The summed E-state index contributed by atoms with van der Waals surface area (Å²) >= 11 is 0. The van der Waals surface area contributed by atoms with Gasteiger partial charge in [-0.3, -0.25) is 0 Å². The van der Waals surface area contributed by atoms with E-state index in [1.165, 1.54) is 32.1 Å². The molecular formula is C7H13. The molecule has 1 rings (SSSR count). The van der Waals surface area contributed by atoms with Gasteiger partial charge >= 0.3 is 0 Å². The van der Waals surface area contributed by atoms with Crippen molar-refractivity contribution in [1.29, 1.82) is 0 Å². The van der Waals surface area contributed by atoms with Gasteiger partial charge < -0.3 is 0 Å². The van der Waals surface area contributed by atoms with Crippen LogP contribution < -0.4 is 0 Å². The first-order valence-electron chi connectivity index (χ1n) is 3.27. The fraction of sp³-hybridized carbons (Fsp3) is 0.857. The Kier molecular flexibility index (Phi) is 1.72. The molecule has 1 fully saturated rings. The summed E-state index contributed by atoms with van der Waals surface area (Å²) in [6, 6.07) is 0. The lowest BCUT2D eigenvalue weighted by Gasteiger charge is -2.23. The van der Waals surface area contributed by atoms with Gasteiger partial charge in [-0.25, -0.2) is 0 Å². The topological polar surface area (TPSA) is 0 Å². The van der Waals surface area contributed by atoms with Crippen molar-refractivity contribution in [3.63, 3.8) is 0 Å². The summed E-state index contributed by atoms with van der Waals surface area (Å²) < 4.78 is 0. The van der Waals surface area contributed by atoms with Gasteiger partial charge in [0, 0.05) is 0 Å². The fourth-order valence-electron chi connectivity index (χ4n) is 1.03. The van der Waals surface area contributed by atoms with E-state index in [4.69, 9.17) is 0 Å². The van der Waals surface area contributed by atoms with Crippen molar-refractivity contribution in [1.82, 2.24) is 0 Å². The van der Waals surface area contributed by atoms with Gasteiger partial charge in [-0.15, -0.1) is 0 Å². The Hall–Kier alpha value is 0. The molecule has 0 N–H and O–H groups in total. The van der Waals surface area contributed by atoms with E-state index in [1.54, 1.807) is 0 Å². The van der Waals surface area contributed by atoms with E-state index in [9.17, 15) is 0 Å². The highest BCUT2D eigenvalue weighted by molar-refractivity contribution is 4.97. The molecule has 1 saturated carbocycles. The molecule has 1 radical (unpaired) electrons. The predicted molar refractivity (Wildman–Crippen MR) is 32.0 cm³/mol. The molecule has 0 aromatic carbocycles. The molecule has 0 spiro atoms. The smallest absolute Gasteiger partial charge is 0.0241 e. The highest BCUT2D eigenvalue weighted by Gasteiger charge is 2.15. The first kappa shape index (κ1) is 5.14. The van der Waals surface area contributed by atoms with E-state index in [-0.39, 0.29) is 0 Å². The highest BCUT2D eigenvalue weighted by atomic mass is 14.2. The van der Waals surface area contributed by atoms with E-state index in [0.29, 0.717) is 0 Å². The summed E-state index contributed by atoms with van der Waals surface area (Å²) in [7, 11) is 0. The maximum absolute atomic E-state index is 2.26. The summed E-state index contributed by atoms with van der Waals surface area (Å²) in [6.07, 6.45) is 7.10. The van der Waals surface area contributed by atoms with Gasteiger partial charge in [0.05, 0.1) is 0 Å². The molecule has 0 heterocycles. The van der Waals surface area contributed by atoms with Crippen LogP contribution in [-0.4, -0.2) is 0 Å². The SMILES string of the molecule is CCC[C]1CCC1. The van der Waals surface area contributed by atoms with Gasteiger partial charge in [0.2, 0.25) is 0 Å². The van der Waals surface area contributed by atoms with E-state index in [1.807, 2.05) is 5.92 Å². The fourth-order valence-corrected chi connectivity index (χ4v) is 1.03. The van der Waals surface area contributed by atoms with Crippen molar-refractivity contribution < 1.29 is 0 Å². The zero-order chi connectivity index (χ0) is 5.11. The Morgan fingerprint density at radius 2 is 2.14 bits per heavy atom. The average Bonchev–Trinajstić information content (AvgIpc) is 1.55. The van der Waals surface area contributed by atoms with Crippen LogP contribution in [-0.2, 0) is 0 Å². The molecule has 0 nitrogen and oxygen atoms in total. The summed E-state index contributed by atoms with van der Waals surface area (Å²) in [5.41, 5.74) is 0. The summed E-state index contributed by atoms with van der Waals surface area (Å²) in [6.45, 7) is 2.26. The van der Waals surface area contributed by atoms with E-state index < -0.39 is 0 Å². The van der Waals surface area contributed by atoms with Crippen molar-refractivity contribution in [2.24, 2.45) is 0 Å². The third-order valence-electron chi connectivity index (χ3n) is 1.66. The molecule has 0 amide bonds. The van der Waals surface area contributed by atoms with Gasteiger partial charge in [-0.2, -0.15) is 0 Å². The van der Waals surface area contributed by atoms with Crippen molar-refractivity contribution >= 4 is 0 Å². The van der Waals surface area contributed by atoms with Crippen LogP contribution >= 0.6 is 0 Å². The molecule has 0 aromatic rings. The van der Waals surface area contributed by atoms with Gasteiger partial charge in [-0.05, 0) is 25.2 Å². The van der Waals surface area contributed by atoms with Crippen LogP contribution in [0, 0.1) is 5.92 Å². The van der Waals surface area contributed by atoms with Crippen LogP contribution in [0.2, 0.25) is 0 Å². The molecule has 7 heavy (non-hydrogen) atoms. The molecule has 0 heteroatoms. The van der Waals surface area contributed by atoms with Crippen molar-refractivity contribution in [3.8, 4) is 0 Å². The van der Waals surface area contributed by atoms with Crippen LogP contribution in [0.5, 0.6) is 0 Å². The Balaban J connectivity index is 1.93. The zero-order valence-electron chi connectivity index (χ0n) is 5.04. The third-order valence-corrected chi connectivity index (χ3v) is 1.66. The van der Waals surface area contributed by atoms with E-state index >= 15 is 0 Å². The molecule has 0 aromatic heterocycles. The lowest BCUT2D eigenvalue weighted by Crippen LogP contribution is -2.06. The number of hydrogen-bond acceptors (Lipinski definition) is 0. The largest absolute Gasteiger partial charge is 0.0654 e. The minimum absolute atomic E-state index is 1.36. The molecule has 1 aliphatic carbocycles. The van der Waals surface area contributed by atoms with Gasteiger partial charge in [0.1, 0.15) is 0 Å². The summed E-state index contributed by atoms with van der Waals surface area (Å²) in [5.74, 6) is 1.81. The maximum Gasteiger partial charge on any atom is -0.0241 e. The lowest BCUT2D eigenvalue weighted by atomic mass is 9.82. The zero-order valence-corrected chi connectivity index (χ0v) is 5.04. The van der Waals surface area contributed by atoms with Crippen molar-refractivity contribution in [2.45, 2.75) is 39.0 Å². The second-order valence-electron chi connectivity index (χ2n) is 2.35. The molecule has 41 valence electrons. The monoisotopic (exact) mass is 97.1 g/mol. The van der Waals surface area contributed by atoms with Crippen LogP contribution in [0.4, 0.5) is 0 Å². The second kappa shape index (κ2) is 2.34. The standard InChI is InChI=1S/C7H13/c1-2-4-7-5-3-6-7/h2-6H2,1H3. The average molecular weight is 97.2 g/mol. The van der Waals surface area contributed by atoms with E-state index in [2.05, 4.69) is 6.92 Å². The Bertz CT molecular complexity index is 44.0. The first-order valence-corrected chi connectivity index (χ1v) is 3.27. The van der Waals surface area contributed by atoms with Crippen LogP contribution in [0.25, 0.3) is 0 Å². The van der Waals surface area contributed by atoms with Gasteiger partial charge in [0.15, 0.2) is 0 Å². The normalized spacial score (nSPS) is 21.9. The number of hydrogen-bond donors (Lipinski definition) is 0. The summed E-state index contributed by atoms with van der Waals surface area (Å²) in [5, 5.41) is 0. The number of rotatable bonds is 2. The molecule has 0 bridgehead atoms. The predicted octanol–water partition coefficient (Wildman–Crippen LogP) is 2.54. The minimum Gasteiger partial charge on any atom is -0.0654 e. The Morgan fingerprint density at radius 3 is 2.29 bits per heavy atom. The molecule has 1 aliphatic rings. The Labute approximate surface area is 45.9 Å². The maximum atomic E-state index is 2.26.